The van der Waals surface area contributed by atoms with Crippen LogP contribution in [0.5, 0.6) is 0 Å². The first kappa shape index (κ1) is 8.76. The minimum atomic E-state index is -4.34. The molecule has 0 atom stereocenters. The Hall–Kier alpha value is -0.330. The summed E-state index contributed by atoms with van der Waals surface area (Å²) >= 11 is 1.76. The van der Waals surface area contributed by atoms with E-state index < -0.39 is 11.7 Å². The lowest BCUT2D eigenvalue weighted by atomic mass is 10.3. The van der Waals surface area contributed by atoms with E-state index in [1.807, 2.05) is 6.20 Å². The standard InChI is InChI=1S/C6H2F3IN/c7-6(8,9)4-1-5(10)3-11-2-4/h1,3H. The molecule has 1 aromatic heterocycles. The van der Waals surface area contributed by atoms with Gasteiger partial charge in [0.1, 0.15) is 6.20 Å². The molecule has 5 heteroatoms. The molecule has 0 saturated heterocycles. The van der Waals surface area contributed by atoms with E-state index in [1.165, 1.54) is 6.20 Å². The molecule has 11 heavy (non-hydrogen) atoms. The highest BCUT2D eigenvalue weighted by atomic mass is 127. The average Bonchev–Trinajstić information content (AvgIpc) is 1.86. The van der Waals surface area contributed by atoms with Gasteiger partial charge in [0.2, 0.25) is 0 Å². The van der Waals surface area contributed by atoms with Gasteiger partial charge in [-0.15, -0.1) is 0 Å². The lowest BCUT2D eigenvalue weighted by Gasteiger charge is -2.03. The Bertz CT molecular complexity index is 258. The van der Waals surface area contributed by atoms with E-state index in [1.54, 1.807) is 22.6 Å². The number of halogens is 4. The fourth-order valence-electron chi connectivity index (χ4n) is 0.516. The van der Waals surface area contributed by atoms with Crippen LogP contribution in [-0.4, -0.2) is 4.98 Å². The fourth-order valence-corrected chi connectivity index (χ4v) is 0.967. The monoisotopic (exact) mass is 272 g/mol. The van der Waals surface area contributed by atoms with E-state index in [0.717, 1.165) is 6.07 Å². The van der Waals surface area contributed by atoms with Crippen LogP contribution >= 0.6 is 22.6 Å². The summed E-state index contributed by atoms with van der Waals surface area (Å²) in [5, 5.41) is 0. The van der Waals surface area contributed by atoms with Gasteiger partial charge in [0.15, 0.2) is 0 Å². The summed E-state index contributed by atoms with van der Waals surface area (Å²) in [6.45, 7) is 0. The fraction of sp³-hybridized carbons (Fsp3) is 0.167. The zero-order valence-corrected chi connectivity index (χ0v) is 7.27. The van der Waals surface area contributed by atoms with Crippen LogP contribution in [-0.2, 0) is 6.18 Å². The predicted octanol–water partition coefficient (Wildman–Crippen LogP) is 2.51. The molecular formula is C6H2F3IN. The third-order valence-electron chi connectivity index (χ3n) is 0.961. The molecule has 0 spiro atoms. The van der Waals surface area contributed by atoms with Crippen molar-refractivity contribution in [1.29, 1.82) is 0 Å². The molecule has 0 N–H and O–H groups in total. The Morgan fingerprint density at radius 2 is 2.09 bits per heavy atom. The van der Waals surface area contributed by atoms with Gasteiger partial charge in [-0.2, -0.15) is 13.2 Å². The van der Waals surface area contributed by atoms with Gasteiger partial charge in [-0.1, -0.05) is 0 Å². The summed E-state index contributed by atoms with van der Waals surface area (Å²) in [5.74, 6) is 0. The smallest absolute Gasteiger partial charge is 0.253 e. The van der Waals surface area contributed by atoms with Crippen LogP contribution in [0.4, 0.5) is 13.2 Å². The van der Waals surface area contributed by atoms with Crippen LogP contribution in [0.25, 0.3) is 0 Å². The zero-order chi connectivity index (χ0) is 8.48. The molecule has 59 valence electrons. The van der Waals surface area contributed by atoms with Gasteiger partial charge in [0.05, 0.1) is 5.56 Å². The van der Waals surface area contributed by atoms with Crippen molar-refractivity contribution in [1.82, 2.24) is 4.98 Å². The van der Waals surface area contributed by atoms with Gasteiger partial charge < -0.3 is 0 Å². The molecule has 0 aliphatic carbocycles. The highest BCUT2D eigenvalue weighted by Gasteiger charge is 2.31. The topological polar surface area (TPSA) is 12.9 Å². The molecule has 0 fully saturated rings. The van der Waals surface area contributed by atoms with Crippen LogP contribution < -0.4 is 0 Å². The number of aromatic nitrogens is 1. The Balaban J connectivity index is 3.06. The minimum Gasteiger partial charge on any atom is -0.253 e. The van der Waals surface area contributed by atoms with Gasteiger partial charge in [-0.05, 0) is 28.7 Å². The van der Waals surface area contributed by atoms with E-state index in [4.69, 9.17) is 0 Å². The lowest BCUT2D eigenvalue weighted by molar-refractivity contribution is -0.138. The molecule has 1 radical (unpaired) electrons. The van der Waals surface area contributed by atoms with Crippen LogP contribution in [0.2, 0.25) is 0 Å². The second-order valence-electron chi connectivity index (χ2n) is 1.81. The van der Waals surface area contributed by atoms with Crippen molar-refractivity contribution in [2.24, 2.45) is 0 Å². The molecule has 1 heterocycles. The maximum Gasteiger partial charge on any atom is 0.418 e. The Labute approximate surface area is 74.8 Å². The summed E-state index contributed by atoms with van der Waals surface area (Å²) in [6, 6.07) is 0.994. The average molecular weight is 272 g/mol. The van der Waals surface area contributed by atoms with Gasteiger partial charge in [-0.25, -0.2) is 0 Å². The van der Waals surface area contributed by atoms with Gasteiger partial charge in [0, 0.05) is 9.77 Å². The molecule has 1 aromatic rings. The minimum absolute atomic E-state index is 0.452. The van der Waals surface area contributed by atoms with Gasteiger partial charge in [0.25, 0.3) is 0 Å². The molecule has 0 bridgehead atoms. The van der Waals surface area contributed by atoms with Gasteiger partial charge in [-0.3, -0.25) is 4.98 Å². The summed E-state index contributed by atoms with van der Waals surface area (Å²) < 4.78 is 36.1. The second kappa shape index (κ2) is 2.96. The highest BCUT2D eigenvalue weighted by molar-refractivity contribution is 14.1. The van der Waals surface area contributed by atoms with E-state index in [9.17, 15) is 13.2 Å². The molecular weight excluding hydrogens is 270 g/mol. The molecule has 0 aliphatic heterocycles. The largest absolute Gasteiger partial charge is 0.418 e. The molecule has 1 nitrogen and oxygen atoms in total. The third kappa shape index (κ3) is 2.32. The second-order valence-corrected chi connectivity index (χ2v) is 3.06. The first-order chi connectivity index (χ1) is 5.00. The molecule has 0 unspecified atom stereocenters. The predicted molar refractivity (Wildman–Crippen MR) is 40.8 cm³/mol. The zero-order valence-electron chi connectivity index (χ0n) is 5.11. The molecule has 0 amide bonds. The molecule has 0 aliphatic rings. The van der Waals surface area contributed by atoms with E-state index in [0.29, 0.717) is 3.57 Å². The van der Waals surface area contributed by atoms with Crippen LogP contribution in [0, 0.1) is 9.77 Å². The number of pyridine rings is 1. The van der Waals surface area contributed by atoms with E-state index in [2.05, 4.69) is 4.98 Å². The van der Waals surface area contributed by atoms with Crippen molar-refractivity contribution >= 4 is 22.6 Å². The van der Waals surface area contributed by atoms with E-state index in [-0.39, 0.29) is 0 Å². The summed E-state index contributed by atoms with van der Waals surface area (Å²) in [7, 11) is 0. The maximum atomic E-state index is 11.9. The normalized spacial score (nSPS) is 11.6. The number of hydrogen-bond donors (Lipinski definition) is 0. The Morgan fingerprint density at radius 3 is 2.45 bits per heavy atom. The molecule has 1 rings (SSSR count). The first-order valence-corrected chi connectivity index (χ1v) is 3.68. The van der Waals surface area contributed by atoms with Gasteiger partial charge >= 0.3 is 6.18 Å². The van der Waals surface area contributed by atoms with Crippen molar-refractivity contribution in [2.45, 2.75) is 6.18 Å². The third-order valence-corrected chi connectivity index (χ3v) is 1.55. The Kier molecular flexibility index (Phi) is 2.36. The quantitative estimate of drug-likeness (QED) is 0.661. The number of rotatable bonds is 0. The first-order valence-electron chi connectivity index (χ1n) is 2.60. The van der Waals surface area contributed by atoms with Crippen molar-refractivity contribution in [2.75, 3.05) is 0 Å². The highest BCUT2D eigenvalue weighted by Crippen LogP contribution is 2.28. The molecule has 0 aromatic carbocycles. The SMILES string of the molecule is FC(F)(F)c1[c]ncc(I)c1. The Morgan fingerprint density at radius 1 is 1.45 bits per heavy atom. The summed E-state index contributed by atoms with van der Waals surface area (Å²) in [5.41, 5.74) is -0.829. The summed E-state index contributed by atoms with van der Waals surface area (Å²) in [4.78, 5) is 3.30. The van der Waals surface area contributed by atoms with Crippen LogP contribution in [0.1, 0.15) is 5.56 Å². The molecule has 0 saturated carbocycles. The van der Waals surface area contributed by atoms with Crippen molar-refractivity contribution < 1.29 is 13.2 Å². The van der Waals surface area contributed by atoms with Crippen LogP contribution in [0.15, 0.2) is 12.3 Å². The lowest BCUT2D eigenvalue weighted by Crippen LogP contribution is -2.05. The number of nitrogens with zero attached hydrogens (tertiary/aromatic N) is 1. The summed E-state index contributed by atoms with van der Waals surface area (Å²) in [6.07, 6.45) is -1.15. The number of alkyl halides is 3. The maximum absolute atomic E-state index is 11.9. The van der Waals surface area contributed by atoms with Crippen molar-refractivity contribution in [3.63, 3.8) is 0 Å². The van der Waals surface area contributed by atoms with Crippen molar-refractivity contribution in [3.05, 3.63) is 27.6 Å². The number of hydrogen-bond acceptors (Lipinski definition) is 1. The van der Waals surface area contributed by atoms with E-state index >= 15 is 0 Å². The van der Waals surface area contributed by atoms with Crippen LogP contribution in [0.3, 0.4) is 0 Å². The van der Waals surface area contributed by atoms with Crippen molar-refractivity contribution in [3.8, 4) is 0 Å².